The number of carboxylic acid groups (broad SMARTS) is 1. The molecule has 0 unspecified atom stereocenters. The van der Waals surface area contributed by atoms with E-state index in [9.17, 15) is 18.0 Å². The summed E-state index contributed by atoms with van der Waals surface area (Å²) in [6, 6.07) is 0. The van der Waals surface area contributed by atoms with Crippen LogP contribution in [0, 0.1) is 5.41 Å². The normalized spacial score (nSPS) is 12.8. The van der Waals surface area contributed by atoms with Gasteiger partial charge in [0.05, 0.1) is 5.41 Å². The summed E-state index contributed by atoms with van der Waals surface area (Å²) in [4.78, 5) is 10.7. The number of halogens is 3. The van der Waals surface area contributed by atoms with Crippen LogP contribution < -0.4 is 0 Å². The second kappa shape index (κ2) is 6.83. The van der Waals surface area contributed by atoms with Gasteiger partial charge in [0.15, 0.2) is 0 Å². The number of carboxylic acids is 1. The Bertz CT molecular complexity index is 237. The van der Waals surface area contributed by atoms with Crippen LogP contribution in [-0.2, 0) is 9.53 Å². The Morgan fingerprint density at radius 1 is 1.12 bits per heavy atom. The van der Waals surface area contributed by atoms with Crippen LogP contribution in [0.1, 0.15) is 39.5 Å². The van der Waals surface area contributed by atoms with E-state index in [1.807, 2.05) is 0 Å². The molecule has 1 N–H and O–H groups in total. The van der Waals surface area contributed by atoms with Crippen LogP contribution in [0.4, 0.5) is 13.2 Å². The molecule has 3 nitrogen and oxygen atoms in total. The highest BCUT2D eigenvalue weighted by Gasteiger charge is 2.27. The van der Waals surface area contributed by atoms with E-state index < -0.39 is 24.0 Å². The highest BCUT2D eigenvalue weighted by molar-refractivity contribution is 5.73. The number of hydrogen-bond donors (Lipinski definition) is 1. The molecule has 0 rings (SSSR count). The van der Waals surface area contributed by atoms with Crippen LogP contribution in [0.15, 0.2) is 0 Å². The molecule has 0 atom stereocenters. The van der Waals surface area contributed by atoms with Crippen LogP contribution in [0.3, 0.4) is 0 Å². The van der Waals surface area contributed by atoms with E-state index in [0.717, 1.165) is 0 Å². The number of hydrogen-bond acceptors (Lipinski definition) is 2. The molecule has 0 amide bonds. The summed E-state index contributed by atoms with van der Waals surface area (Å²) < 4.78 is 40.3. The molecule has 0 bridgehead atoms. The lowest BCUT2D eigenvalue weighted by molar-refractivity contribution is -0.147. The molecule has 0 aliphatic carbocycles. The largest absolute Gasteiger partial charge is 0.481 e. The lowest BCUT2D eigenvalue weighted by Gasteiger charge is -2.18. The van der Waals surface area contributed by atoms with E-state index in [1.54, 1.807) is 13.8 Å². The number of ether oxygens (including phenoxy) is 1. The molecule has 0 aromatic rings. The summed E-state index contributed by atoms with van der Waals surface area (Å²) in [5.41, 5.74) is -0.810. The topological polar surface area (TPSA) is 46.5 Å². The molecule has 0 saturated carbocycles. The van der Waals surface area contributed by atoms with E-state index >= 15 is 0 Å². The molecule has 0 heterocycles. The van der Waals surface area contributed by atoms with Gasteiger partial charge in [0.2, 0.25) is 0 Å². The number of carbonyl (C=O) groups is 1. The first-order chi connectivity index (χ1) is 7.65. The molecule has 0 saturated heterocycles. The minimum atomic E-state index is -4.13. The van der Waals surface area contributed by atoms with Crippen LogP contribution in [-0.4, -0.2) is 30.5 Å². The van der Waals surface area contributed by atoms with Crippen molar-refractivity contribution in [2.45, 2.75) is 45.7 Å². The number of aliphatic carboxylic acids is 1. The van der Waals surface area contributed by atoms with Gasteiger partial charge in [0.25, 0.3) is 0 Å². The summed E-state index contributed by atoms with van der Waals surface area (Å²) in [6.07, 6.45) is -4.04. The summed E-state index contributed by atoms with van der Waals surface area (Å²) >= 11 is 0. The third kappa shape index (κ3) is 8.97. The maximum absolute atomic E-state index is 11.8. The minimum absolute atomic E-state index is 0.0498. The van der Waals surface area contributed by atoms with Crippen LogP contribution in [0.25, 0.3) is 0 Å². The molecule has 6 heteroatoms. The monoisotopic (exact) mass is 256 g/mol. The summed E-state index contributed by atoms with van der Waals surface area (Å²) in [6.45, 7) is 3.58. The van der Waals surface area contributed by atoms with Crippen molar-refractivity contribution in [1.82, 2.24) is 0 Å². The highest BCUT2D eigenvalue weighted by atomic mass is 19.4. The molecule has 0 aromatic carbocycles. The smallest absolute Gasteiger partial charge is 0.389 e. The zero-order valence-electron chi connectivity index (χ0n) is 10.1. The Balaban J connectivity index is 3.45. The summed E-state index contributed by atoms with van der Waals surface area (Å²) in [5, 5.41) is 8.81. The first-order valence-electron chi connectivity index (χ1n) is 5.53. The van der Waals surface area contributed by atoms with Crippen molar-refractivity contribution in [2.75, 3.05) is 13.2 Å². The van der Waals surface area contributed by atoms with Crippen LogP contribution in [0.5, 0.6) is 0 Å². The molecular formula is C11H19F3O3. The van der Waals surface area contributed by atoms with Crippen molar-refractivity contribution >= 4 is 5.97 Å². The van der Waals surface area contributed by atoms with Gasteiger partial charge >= 0.3 is 12.1 Å². The maximum atomic E-state index is 11.8. The number of alkyl halides is 3. The highest BCUT2D eigenvalue weighted by Crippen LogP contribution is 2.23. The van der Waals surface area contributed by atoms with Crippen LogP contribution >= 0.6 is 0 Å². The van der Waals surface area contributed by atoms with Gasteiger partial charge in [-0.3, -0.25) is 4.79 Å². The fourth-order valence-corrected chi connectivity index (χ4v) is 1.20. The van der Waals surface area contributed by atoms with E-state index in [2.05, 4.69) is 0 Å². The first kappa shape index (κ1) is 16.2. The van der Waals surface area contributed by atoms with Gasteiger partial charge in [0.1, 0.15) is 0 Å². The average Bonchev–Trinajstić information content (AvgIpc) is 2.14. The molecule has 17 heavy (non-hydrogen) atoms. The SMILES string of the molecule is CC(C)(CCCOCCCC(F)(F)F)C(=O)O. The van der Waals surface area contributed by atoms with Crippen LogP contribution in [0.2, 0.25) is 0 Å². The Labute approximate surface area is 99.0 Å². The van der Waals surface area contributed by atoms with E-state index in [-0.39, 0.29) is 13.0 Å². The van der Waals surface area contributed by atoms with E-state index in [4.69, 9.17) is 9.84 Å². The van der Waals surface area contributed by atoms with Gasteiger partial charge in [0, 0.05) is 19.6 Å². The Morgan fingerprint density at radius 2 is 1.59 bits per heavy atom. The molecule has 0 radical (unpaired) electrons. The fraction of sp³-hybridized carbons (Fsp3) is 0.909. The quantitative estimate of drug-likeness (QED) is 0.678. The molecule has 0 fully saturated rings. The molecule has 0 aromatic heterocycles. The molecule has 0 spiro atoms. The second-order valence-electron chi connectivity index (χ2n) is 4.62. The Hall–Kier alpha value is -0.780. The van der Waals surface area contributed by atoms with Crippen molar-refractivity contribution in [3.05, 3.63) is 0 Å². The van der Waals surface area contributed by atoms with E-state index in [0.29, 0.717) is 19.4 Å². The third-order valence-electron chi connectivity index (χ3n) is 2.42. The predicted molar refractivity (Wildman–Crippen MR) is 56.8 cm³/mol. The lowest BCUT2D eigenvalue weighted by Crippen LogP contribution is -2.23. The Morgan fingerprint density at radius 3 is 2.00 bits per heavy atom. The van der Waals surface area contributed by atoms with Crippen molar-refractivity contribution in [1.29, 1.82) is 0 Å². The van der Waals surface area contributed by atoms with Crippen molar-refractivity contribution in [3.63, 3.8) is 0 Å². The lowest BCUT2D eigenvalue weighted by atomic mass is 9.88. The van der Waals surface area contributed by atoms with Gasteiger partial charge in [-0.2, -0.15) is 13.2 Å². The zero-order chi connectivity index (χ0) is 13.5. The molecule has 102 valence electrons. The van der Waals surface area contributed by atoms with Gasteiger partial charge < -0.3 is 9.84 Å². The zero-order valence-corrected chi connectivity index (χ0v) is 10.1. The van der Waals surface area contributed by atoms with Gasteiger partial charge in [-0.05, 0) is 33.1 Å². The van der Waals surface area contributed by atoms with Crippen molar-refractivity contribution in [2.24, 2.45) is 5.41 Å². The third-order valence-corrected chi connectivity index (χ3v) is 2.42. The number of rotatable bonds is 8. The predicted octanol–water partition coefficient (Wildman–Crippen LogP) is 3.24. The fourth-order valence-electron chi connectivity index (χ4n) is 1.20. The summed E-state index contributed by atoms with van der Waals surface area (Å²) in [7, 11) is 0. The first-order valence-corrected chi connectivity index (χ1v) is 5.53. The van der Waals surface area contributed by atoms with E-state index in [1.165, 1.54) is 0 Å². The van der Waals surface area contributed by atoms with Crippen molar-refractivity contribution in [3.8, 4) is 0 Å². The maximum Gasteiger partial charge on any atom is 0.389 e. The molecule has 0 aliphatic rings. The molecule has 0 aliphatic heterocycles. The summed E-state index contributed by atoms with van der Waals surface area (Å²) in [5.74, 6) is -0.880. The van der Waals surface area contributed by atoms with Crippen molar-refractivity contribution < 1.29 is 27.8 Å². The average molecular weight is 256 g/mol. The second-order valence-corrected chi connectivity index (χ2v) is 4.62. The standard InChI is InChI=1S/C11H19F3O3/c1-10(2,9(15)16)5-3-7-17-8-4-6-11(12,13)14/h3-8H2,1-2H3,(H,15,16). The van der Waals surface area contributed by atoms with Gasteiger partial charge in [-0.1, -0.05) is 0 Å². The van der Waals surface area contributed by atoms with Gasteiger partial charge in [-0.25, -0.2) is 0 Å². The minimum Gasteiger partial charge on any atom is -0.481 e. The Kier molecular flexibility index (Phi) is 6.52. The van der Waals surface area contributed by atoms with Gasteiger partial charge in [-0.15, -0.1) is 0 Å². The molecular weight excluding hydrogens is 237 g/mol.